The highest BCUT2D eigenvalue weighted by Gasteiger charge is 2.23. The van der Waals surface area contributed by atoms with Crippen molar-refractivity contribution in [3.8, 4) is 0 Å². The third kappa shape index (κ3) is 2.41. The first-order valence-electron chi connectivity index (χ1n) is 4.67. The molecule has 2 rings (SSSR count). The highest BCUT2D eigenvalue weighted by molar-refractivity contribution is 9.11. The Kier molecular flexibility index (Phi) is 3.68. The van der Waals surface area contributed by atoms with Gasteiger partial charge in [-0.2, -0.15) is 11.8 Å². The van der Waals surface area contributed by atoms with Crippen molar-refractivity contribution in [2.75, 3.05) is 5.75 Å². The molecule has 4 heteroatoms. The summed E-state index contributed by atoms with van der Waals surface area (Å²) >= 11 is 6.78. The molecule has 0 spiro atoms. The Morgan fingerprint density at radius 3 is 2.93 bits per heavy atom. The number of hydrogen-bond acceptors (Lipinski definition) is 3. The SMILES string of the molecule is O=C(c1csc(Br)c1)C1CCCCS1. The predicted molar refractivity (Wildman–Crippen MR) is 66.4 cm³/mol. The second-order valence-corrected chi connectivity index (χ2v) is 6.96. The smallest absolute Gasteiger partial charge is 0.176 e. The number of hydrogen-bond donors (Lipinski definition) is 0. The molecule has 0 N–H and O–H groups in total. The topological polar surface area (TPSA) is 17.1 Å². The van der Waals surface area contributed by atoms with E-state index in [1.54, 1.807) is 11.3 Å². The van der Waals surface area contributed by atoms with Crippen LogP contribution in [0.4, 0.5) is 0 Å². The first-order valence-corrected chi connectivity index (χ1v) is 7.39. The van der Waals surface area contributed by atoms with E-state index in [1.165, 1.54) is 12.8 Å². The van der Waals surface area contributed by atoms with Crippen LogP contribution in [0.3, 0.4) is 0 Å². The number of thiophene rings is 1. The van der Waals surface area contributed by atoms with Gasteiger partial charge in [0.1, 0.15) is 0 Å². The van der Waals surface area contributed by atoms with Gasteiger partial charge in [0.05, 0.1) is 9.04 Å². The molecule has 0 aliphatic carbocycles. The molecule has 1 atom stereocenters. The van der Waals surface area contributed by atoms with Crippen LogP contribution < -0.4 is 0 Å². The molecule has 0 aromatic carbocycles. The lowest BCUT2D eigenvalue weighted by molar-refractivity contribution is 0.0985. The minimum Gasteiger partial charge on any atom is -0.293 e. The Hall–Kier alpha value is 0.200. The van der Waals surface area contributed by atoms with Crippen LogP contribution in [-0.2, 0) is 0 Å². The molecular formula is C10H11BrOS2. The van der Waals surface area contributed by atoms with Crippen molar-refractivity contribution in [1.29, 1.82) is 0 Å². The Balaban J connectivity index is 2.07. The van der Waals surface area contributed by atoms with Crippen LogP contribution in [-0.4, -0.2) is 16.8 Å². The molecule has 1 nitrogen and oxygen atoms in total. The van der Waals surface area contributed by atoms with E-state index in [9.17, 15) is 4.79 Å². The van der Waals surface area contributed by atoms with Gasteiger partial charge in [0.2, 0.25) is 0 Å². The average molecular weight is 291 g/mol. The summed E-state index contributed by atoms with van der Waals surface area (Å²) in [6.07, 6.45) is 3.52. The fourth-order valence-electron chi connectivity index (χ4n) is 1.57. The molecule has 1 saturated heterocycles. The molecule has 1 aliphatic rings. The van der Waals surface area contributed by atoms with E-state index in [2.05, 4.69) is 15.9 Å². The van der Waals surface area contributed by atoms with Crippen LogP contribution in [0.1, 0.15) is 29.6 Å². The summed E-state index contributed by atoms with van der Waals surface area (Å²) in [7, 11) is 0. The van der Waals surface area contributed by atoms with E-state index in [0.717, 1.165) is 21.5 Å². The summed E-state index contributed by atoms with van der Waals surface area (Å²) in [5.74, 6) is 1.46. The third-order valence-electron chi connectivity index (χ3n) is 2.32. The molecule has 0 amide bonds. The van der Waals surface area contributed by atoms with Crippen molar-refractivity contribution in [1.82, 2.24) is 0 Å². The molecule has 1 fully saturated rings. The Morgan fingerprint density at radius 2 is 2.36 bits per heavy atom. The number of carbonyl (C=O) groups is 1. The fourth-order valence-corrected chi connectivity index (χ4v) is 3.99. The van der Waals surface area contributed by atoms with Gasteiger partial charge in [-0.05, 0) is 40.6 Å². The van der Waals surface area contributed by atoms with E-state index >= 15 is 0 Å². The van der Waals surface area contributed by atoms with Crippen LogP contribution in [0, 0.1) is 0 Å². The molecule has 0 saturated carbocycles. The van der Waals surface area contributed by atoms with Gasteiger partial charge >= 0.3 is 0 Å². The van der Waals surface area contributed by atoms with E-state index < -0.39 is 0 Å². The zero-order chi connectivity index (χ0) is 9.97. The van der Waals surface area contributed by atoms with Crippen molar-refractivity contribution < 1.29 is 4.79 Å². The standard InChI is InChI=1S/C10H11BrOS2/c11-9-5-7(6-14-9)10(12)8-3-1-2-4-13-8/h5-6,8H,1-4H2. The number of ketones is 1. The minimum atomic E-state index is 0.213. The summed E-state index contributed by atoms with van der Waals surface area (Å²) in [6.45, 7) is 0. The molecule has 2 heterocycles. The normalized spacial score (nSPS) is 22.2. The van der Waals surface area contributed by atoms with Crippen LogP contribution >= 0.6 is 39.0 Å². The number of carbonyl (C=O) groups excluding carboxylic acids is 1. The minimum absolute atomic E-state index is 0.213. The first-order chi connectivity index (χ1) is 6.77. The zero-order valence-corrected chi connectivity index (χ0v) is 10.9. The molecular weight excluding hydrogens is 280 g/mol. The molecule has 76 valence electrons. The van der Waals surface area contributed by atoms with Crippen molar-refractivity contribution in [3.05, 3.63) is 20.8 Å². The van der Waals surface area contributed by atoms with Crippen molar-refractivity contribution in [2.24, 2.45) is 0 Å². The molecule has 1 aromatic heterocycles. The van der Waals surface area contributed by atoms with Crippen molar-refractivity contribution in [3.63, 3.8) is 0 Å². The summed E-state index contributed by atoms with van der Waals surface area (Å²) in [6, 6.07) is 1.93. The first kappa shape index (κ1) is 10.7. The highest BCUT2D eigenvalue weighted by atomic mass is 79.9. The van der Waals surface area contributed by atoms with Gasteiger partial charge < -0.3 is 0 Å². The van der Waals surface area contributed by atoms with Gasteiger partial charge in [-0.1, -0.05) is 6.42 Å². The summed E-state index contributed by atoms with van der Waals surface area (Å²) in [5.41, 5.74) is 0.876. The second kappa shape index (κ2) is 4.81. The predicted octanol–water partition coefficient (Wildman–Crippen LogP) is 3.98. The Bertz CT molecular complexity index is 329. The lowest BCUT2D eigenvalue weighted by Crippen LogP contribution is -2.20. The van der Waals surface area contributed by atoms with Crippen LogP contribution in [0.15, 0.2) is 15.2 Å². The lowest BCUT2D eigenvalue weighted by atomic mass is 10.1. The van der Waals surface area contributed by atoms with Crippen LogP contribution in [0.5, 0.6) is 0 Å². The number of thioether (sulfide) groups is 1. The van der Waals surface area contributed by atoms with E-state index in [-0.39, 0.29) is 5.25 Å². The highest BCUT2D eigenvalue weighted by Crippen LogP contribution is 2.30. The van der Waals surface area contributed by atoms with E-state index in [4.69, 9.17) is 0 Å². The van der Waals surface area contributed by atoms with Crippen LogP contribution in [0.25, 0.3) is 0 Å². The molecule has 0 radical (unpaired) electrons. The van der Waals surface area contributed by atoms with Gasteiger partial charge in [0.25, 0.3) is 0 Å². The van der Waals surface area contributed by atoms with Gasteiger partial charge in [-0.3, -0.25) is 4.79 Å². The van der Waals surface area contributed by atoms with E-state index in [0.29, 0.717) is 5.78 Å². The largest absolute Gasteiger partial charge is 0.293 e. The number of halogens is 1. The fraction of sp³-hybridized carbons (Fsp3) is 0.500. The lowest BCUT2D eigenvalue weighted by Gasteiger charge is -2.19. The molecule has 1 aromatic rings. The maximum Gasteiger partial charge on any atom is 0.176 e. The summed E-state index contributed by atoms with van der Waals surface area (Å²) in [4.78, 5) is 12.0. The van der Waals surface area contributed by atoms with Crippen LogP contribution in [0.2, 0.25) is 0 Å². The molecule has 0 bridgehead atoms. The van der Waals surface area contributed by atoms with Crippen molar-refractivity contribution >= 4 is 44.8 Å². The Morgan fingerprint density at radius 1 is 1.50 bits per heavy atom. The maximum atomic E-state index is 12.0. The summed E-state index contributed by atoms with van der Waals surface area (Å²) in [5, 5.41) is 2.16. The summed E-state index contributed by atoms with van der Waals surface area (Å²) < 4.78 is 1.04. The quantitative estimate of drug-likeness (QED) is 0.767. The molecule has 14 heavy (non-hydrogen) atoms. The van der Waals surface area contributed by atoms with Gasteiger partial charge in [-0.25, -0.2) is 0 Å². The third-order valence-corrected chi connectivity index (χ3v) is 5.21. The number of rotatable bonds is 2. The number of Topliss-reactive ketones (excluding diaryl/α,β-unsaturated/α-hetero) is 1. The van der Waals surface area contributed by atoms with Gasteiger partial charge in [0, 0.05) is 10.9 Å². The zero-order valence-electron chi connectivity index (χ0n) is 7.66. The monoisotopic (exact) mass is 290 g/mol. The second-order valence-electron chi connectivity index (χ2n) is 3.36. The van der Waals surface area contributed by atoms with Crippen molar-refractivity contribution in [2.45, 2.75) is 24.5 Å². The van der Waals surface area contributed by atoms with Gasteiger partial charge in [0.15, 0.2) is 5.78 Å². The Labute approximate surface area is 100 Å². The van der Waals surface area contributed by atoms with Gasteiger partial charge in [-0.15, -0.1) is 11.3 Å². The van der Waals surface area contributed by atoms with E-state index in [1.807, 2.05) is 23.2 Å². The maximum absolute atomic E-state index is 12.0. The average Bonchev–Trinajstić information content (AvgIpc) is 2.65. The molecule has 1 aliphatic heterocycles. The molecule has 1 unspecified atom stereocenters.